The molecule has 1 heterocycles. The van der Waals surface area contributed by atoms with Crippen LogP contribution in [0.25, 0.3) is 0 Å². The van der Waals surface area contributed by atoms with Crippen LogP contribution < -0.4 is 9.62 Å². The van der Waals surface area contributed by atoms with Crippen molar-refractivity contribution in [2.24, 2.45) is 0 Å². The van der Waals surface area contributed by atoms with Gasteiger partial charge in [-0.1, -0.05) is 18.5 Å². The molecule has 0 aliphatic carbocycles. The standard InChI is InChI=1S/C14H22ClN3O2S/c1-3-17-7-9-18(10-8-17)14-6-5-12(15)11-13(14)16-21(19,20)4-2/h5-6,11,16H,3-4,7-10H2,1-2H3. The van der Waals surface area contributed by atoms with Crippen molar-refractivity contribution in [3.8, 4) is 0 Å². The predicted octanol–water partition coefficient (Wildman–Crippen LogP) is 2.24. The van der Waals surface area contributed by atoms with E-state index in [1.165, 1.54) is 0 Å². The number of nitrogens with zero attached hydrogens (tertiary/aromatic N) is 2. The molecule has 0 amide bonds. The van der Waals surface area contributed by atoms with E-state index < -0.39 is 10.0 Å². The zero-order chi connectivity index (χ0) is 15.5. The number of nitrogens with one attached hydrogen (secondary N) is 1. The van der Waals surface area contributed by atoms with Crippen LogP contribution in [0.2, 0.25) is 5.02 Å². The Morgan fingerprint density at radius 3 is 2.43 bits per heavy atom. The van der Waals surface area contributed by atoms with Crippen molar-refractivity contribution in [1.82, 2.24) is 4.90 Å². The maximum Gasteiger partial charge on any atom is 0.232 e. The van der Waals surface area contributed by atoms with Gasteiger partial charge in [0.05, 0.1) is 17.1 Å². The van der Waals surface area contributed by atoms with Crippen LogP contribution in [0, 0.1) is 0 Å². The SMILES string of the molecule is CCN1CCN(c2ccc(Cl)cc2NS(=O)(=O)CC)CC1. The lowest BCUT2D eigenvalue weighted by Gasteiger charge is -2.36. The van der Waals surface area contributed by atoms with E-state index in [4.69, 9.17) is 11.6 Å². The quantitative estimate of drug-likeness (QED) is 0.899. The summed E-state index contributed by atoms with van der Waals surface area (Å²) >= 11 is 6.01. The van der Waals surface area contributed by atoms with Gasteiger partial charge in [-0.15, -0.1) is 0 Å². The van der Waals surface area contributed by atoms with E-state index in [0.29, 0.717) is 10.7 Å². The van der Waals surface area contributed by atoms with Crippen molar-refractivity contribution in [3.63, 3.8) is 0 Å². The van der Waals surface area contributed by atoms with Crippen molar-refractivity contribution in [3.05, 3.63) is 23.2 Å². The lowest BCUT2D eigenvalue weighted by molar-refractivity contribution is 0.271. The molecule has 1 fully saturated rings. The molecule has 7 heteroatoms. The third kappa shape index (κ3) is 4.25. The topological polar surface area (TPSA) is 52.6 Å². The van der Waals surface area contributed by atoms with Gasteiger partial charge in [0.2, 0.25) is 10.0 Å². The van der Waals surface area contributed by atoms with Crippen molar-refractivity contribution in [2.45, 2.75) is 13.8 Å². The Morgan fingerprint density at radius 1 is 1.19 bits per heavy atom. The van der Waals surface area contributed by atoms with Crippen molar-refractivity contribution < 1.29 is 8.42 Å². The highest BCUT2D eigenvalue weighted by Crippen LogP contribution is 2.30. The highest BCUT2D eigenvalue weighted by Gasteiger charge is 2.20. The molecule has 0 aromatic heterocycles. The smallest absolute Gasteiger partial charge is 0.232 e. The summed E-state index contributed by atoms with van der Waals surface area (Å²) in [6, 6.07) is 5.36. The Kier molecular flexibility index (Phi) is 5.35. The second kappa shape index (κ2) is 6.85. The van der Waals surface area contributed by atoms with Gasteiger partial charge in [-0.25, -0.2) is 8.42 Å². The molecule has 0 atom stereocenters. The summed E-state index contributed by atoms with van der Waals surface area (Å²) in [7, 11) is -3.31. The summed E-state index contributed by atoms with van der Waals surface area (Å²) in [5.74, 6) is 0.0442. The average Bonchev–Trinajstić information content (AvgIpc) is 2.47. The number of hydrogen-bond acceptors (Lipinski definition) is 4. The minimum Gasteiger partial charge on any atom is -0.367 e. The highest BCUT2D eigenvalue weighted by atomic mass is 35.5. The van der Waals surface area contributed by atoms with Gasteiger partial charge in [0.15, 0.2) is 0 Å². The molecule has 118 valence electrons. The van der Waals surface area contributed by atoms with E-state index in [0.717, 1.165) is 38.4 Å². The summed E-state index contributed by atoms with van der Waals surface area (Å²) in [5, 5.41) is 0.528. The lowest BCUT2D eigenvalue weighted by atomic mass is 10.2. The van der Waals surface area contributed by atoms with Gasteiger partial charge in [0.25, 0.3) is 0 Å². The van der Waals surface area contributed by atoms with Gasteiger partial charge in [-0.3, -0.25) is 4.72 Å². The van der Waals surface area contributed by atoms with E-state index in [-0.39, 0.29) is 5.75 Å². The van der Waals surface area contributed by atoms with Gasteiger partial charge in [0, 0.05) is 31.2 Å². The first-order valence-electron chi connectivity index (χ1n) is 7.22. The molecule has 5 nitrogen and oxygen atoms in total. The number of benzene rings is 1. The van der Waals surface area contributed by atoms with E-state index in [2.05, 4.69) is 21.4 Å². The third-order valence-corrected chi connectivity index (χ3v) is 5.29. The summed E-state index contributed by atoms with van der Waals surface area (Å²) in [4.78, 5) is 4.58. The van der Waals surface area contributed by atoms with Crippen molar-refractivity contribution in [2.75, 3.05) is 48.1 Å². The summed E-state index contributed by atoms with van der Waals surface area (Å²) in [6.45, 7) is 8.56. The van der Waals surface area contributed by atoms with E-state index in [1.54, 1.807) is 19.1 Å². The minimum atomic E-state index is -3.31. The number of piperazine rings is 1. The second-order valence-corrected chi connectivity index (χ2v) is 7.54. The lowest BCUT2D eigenvalue weighted by Crippen LogP contribution is -2.46. The normalized spacial score (nSPS) is 17.0. The minimum absolute atomic E-state index is 0.0442. The molecule has 0 radical (unpaired) electrons. The Hall–Kier alpha value is -0.980. The Labute approximate surface area is 131 Å². The van der Waals surface area contributed by atoms with Crippen LogP contribution in [0.1, 0.15) is 13.8 Å². The van der Waals surface area contributed by atoms with Crippen LogP contribution >= 0.6 is 11.6 Å². The van der Waals surface area contributed by atoms with E-state index >= 15 is 0 Å². The van der Waals surface area contributed by atoms with Crippen LogP contribution in [0.5, 0.6) is 0 Å². The molecule has 0 bridgehead atoms. The van der Waals surface area contributed by atoms with Gasteiger partial charge in [-0.2, -0.15) is 0 Å². The number of likely N-dealkylation sites (N-methyl/N-ethyl adjacent to an activating group) is 1. The molecule has 1 aromatic carbocycles. The zero-order valence-corrected chi connectivity index (χ0v) is 14.0. The van der Waals surface area contributed by atoms with Crippen LogP contribution in [-0.2, 0) is 10.0 Å². The molecule has 0 unspecified atom stereocenters. The average molecular weight is 332 g/mol. The first-order valence-corrected chi connectivity index (χ1v) is 9.25. The molecule has 1 aliphatic heterocycles. The fourth-order valence-corrected chi connectivity index (χ4v) is 3.23. The van der Waals surface area contributed by atoms with Gasteiger partial charge < -0.3 is 9.80 Å². The van der Waals surface area contributed by atoms with Crippen LogP contribution in [-0.4, -0.2) is 51.8 Å². The molecule has 2 rings (SSSR count). The number of hydrogen-bond donors (Lipinski definition) is 1. The summed E-state index contributed by atoms with van der Waals surface area (Å²) in [5.41, 5.74) is 1.46. The third-order valence-electron chi connectivity index (χ3n) is 3.76. The van der Waals surface area contributed by atoms with Crippen LogP contribution in [0.15, 0.2) is 18.2 Å². The second-order valence-electron chi connectivity index (χ2n) is 5.09. The fourth-order valence-electron chi connectivity index (χ4n) is 2.41. The van der Waals surface area contributed by atoms with Gasteiger partial charge in [0.1, 0.15) is 0 Å². The predicted molar refractivity (Wildman–Crippen MR) is 88.9 cm³/mol. The van der Waals surface area contributed by atoms with Crippen molar-refractivity contribution in [1.29, 1.82) is 0 Å². The van der Waals surface area contributed by atoms with E-state index in [1.807, 2.05) is 6.07 Å². The molecular weight excluding hydrogens is 310 g/mol. The summed E-state index contributed by atoms with van der Waals surface area (Å²) < 4.78 is 26.3. The largest absolute Gasteiger partial charge is 0.367 e. The fraction of sp³-hybridized carbons (Fsp3) is 0.571. The number of sulfonamides is 1. The molecule has 21 heavy (non-hydrogen) atoms. The number of halogens is 1. The van der Waals surface area contributed by atoms with Crippen LogP contribution in [0.3, 0.4) is 0 Å². The highest BCUT2D eigenvalue weighted by molar-refractivity contribution is 7.92. The maximum absolute atomic E-state index is 11.8. The first kappa shape index (κ1) is 16.4. The van der Waals surface area contributed by atoms with Crippen molar-refractivity contribution >= 4 is 33.0 Å². The number of rotatable bonds is 5. The molecular formula is C14H22ClN3O2S. The molecule has 0 spiro atoms. The van der Waals surface area contributed by atoms with E-state index in [9.17, 15) is 8.42 Å². The molecule has 1 saturated heterocycles. The Bertz CT molecular complexity index is 584. The Morgan fingerprint density at radius 2 is 1.86 bits per heavy atom. The monoisotopic (exact) mass is 331 g/mol. The molecule has 0 saturated carbocycles. The van der Waals surface area contributed by atoms with Gasteiger partial charge >= 0.3 is 0 Å². The van der Waals surface area contributed by atoms with Crippen LogP contribution in [0.4, 0.5) is 11.4 Å². The van der Waals surface area contributed by atoms with Gasteiger partial charge in [-0.05, 0) is 31.7 Å². The Balaban J connectivity index is 2.23. The number of anilines is 2. The molecule has 1 aliphatic rings. The summed E-state index contributed by atoms with van der Waals surface area (Å²) in [6.07, 6.45) is 0. The first-order chi connectivity index (χ1) is 9.95. The maximum atomic E-state index is 11.8. The zero-order valence-electron chi connectivity index (χ0n) is 12.5. The molecule has 1 N–H and O–H groups in total. The molecule has 1 aromatic rings.